The van der Waals surface area contributed by atoms with Crippen molar-refractivity contribution in [1.82, 2.24) is 0 Å². The number of allylic oxidation sites excluding steroid dienone is 1. The first-order valence-electron chi connectivity index (χ1n) is 7.91. The van der Waals surface area contributed by atoms with Gasteiger partial charge in [-0.2, -0.15) is 0 Å². The second-order valence-electron chi connectivity index (χ2n) is 5.92. The minimum atomic E-state index is 0.00662. The lowest BCUT2D eigenvalue weighted by Gasteiger charge is -1.97. The Hall–Kier alpha value is -3.13. The first-order chi connectivity index (χ1) is 11.7. The number of para-hydroxylation sites is 1. The predicted octanol–water partition coefficient (Wildman–Crippen LogP) is 5.79. The van der Waals surface area contributed by atoms with Crippen LogP contribution >= 0.6 is 0 Å². The lowest BCUT2D eigenvalue weighted by molar-refractivity contribution is 0.104. The van der Waals surface area contributed by atoms with Crippen LogP contribution in [0, 0.1) is 6.92 Å². The van der Waals surface area contributed by atoms with E-state index >= 15 is 0 Å². The number of aryl methyl sites for hydroxylation is 1. The van der Waals surface area contributed by atoms with E-state index in [4.69, 9.17) is 4.42 Å². The van der Waals surface area contributed by atoms with Crippen molar-refractivity contribution in [2.45, 2.75) is 6.92 Å². The van der Waals surface area contributed by atoms with Crippen molar-refractivity contribution in [1.29, 1.82) is 0 Å². The minimum Gasteiger partial charge on any atom is -0.456 e. The van der Waals surface area contributed by atoms with Crippen LogP contribution in [0.5, 0.6) is 0 Å². The molecule has 116 valence electrons. The Balaban J connectivity index is 1.67. The zero-order chi connectivity index (χ0) is 16.5. The summed E-state index contributed by atoms with van der Waals surface area (Å²) in [6, 6.07) is 21.6. The van der Waals surface area contributed by atoms with Gasteiger partial charge in [0.25, 0.3) is 0 Å². The Kier molecular flexibility index (Phi) is 3.51. The van der Waals surface area contributed by atoms with E-state index in [1.165, 1.54) is 0 Å². The maximum atomic E-state index is 12.2. The molecule has 0 aliphatic rings. The van der Waals surface area contributed by atoms with Crippen LogP contribution in [-0.2, 0) is 0 Å². The van der Waals surface area contributed by atoms with Gasteiger partial charge in [0.05, 0.1) is 0 Å². The molecule has 1 aromatic heterocycles. The SMILES string of the molecule is Cc1ccc(C(=O)/C=C/c2ccc3oc4ccccc4c3c2)cc1. The molecule has 2 heteroatoms. The Bertz CT molecular complexity index is 1070. The lowest BCUT2D eigenvalue weighted by Crippen LogP contribution is -1.93. The highest BCUT2D eigenvalue weighted by molar-refractivity contribution is 6.08. The number of fused-ring (bicyclic) bond motifs is 3. The van der Waals surface area contributed by atoms with E-state index in [2.05, 4.69) is 6.07 Å². The van der Waals surface area contributed by atoms with Crippen LogP contribution in [0.3, 0.4) is 0 Å². The zero-order valence-electron chi connectivity index (χ0n) is 13.3. The number of ketones is 1. The Morgan fingerprint density at radius 3 is 2.46 bits per heavy atom. The fourth-order valence-electron chi connectivity index (χ4n) is 2.83. The summed E-state index contributed by atoms with van der Waals surface area (Å²) in [4.78, 5) is 12.2. The second kappa shape index (κ2) is 5.82. The zero-order valence-corrected chi connectivity index (χ0v) is 13.3. The van der Waals surface area contributed by atoms with Gasteiger partial charge in [-0.3, -0.25) is 4.79 Å². The van der Waals surface area contributed by atoms with Gasteiger partial charge in [0.2, 0.25) is 0 Å². The molecule has 1 heterocycles. The second-order valence-corrected chi connectivity index (χ2v) is 5.92. The van der Waals surface area contributed by atoms with Crippen molar-refractivity contribution in [2.75, 3.05) is 0 Å². The quantitative estimate of drug-likeness (QED) is 0.354. The number of carbonyl (C=O) groups excluding carboxylic acids is 1. The Morgan fingerprint density at radius 1 is 0.875 bits per heavy atom. The normalized spacial score (nSPS) is 11.5. The molecule has 4 aromatic rings. The molecule has 0 bridgehead atoms. The van der Waals surface area contributed by atoms with Crippen LogP contribution in [0.25, 0.3) is 28.0 Å². The van der Waals surface area contributed by atoms with E-state index in [1.807, 2.05) is 73.7 Å². The molecule has 0 aliphatic carbocycles. The summed E-state index contributed by atoms with van der Waals surface area (Å²) in [5.41, 5.74) is 4.57. The molecule has 0 N–H and O–H groups in total. The molecule has 3 aromatic carbocycles. The molecule has 0 amide bonds. The fraction of sp³-hybridized carbons (Fsp3) is 0.0455. The van der Waals surface area contributed by atoms with Gasteiger partial charge >= 0.3 is 0 Å². The number of furan rings is 1. The van der Waals surface area contributed by atoms with Crippen LogP contribution in [-0.4, -0.2) is 5.78 Å². The topological polar surface area (TPSA) is 30.2 Å². The maximum absolute atomic E-state index is 12.2. The van der Waals surface area contributed by atoms with E-state index < -0.39 is 0 Å². The largest absolute Gasteiger partial charge is 0.456 e. The smallest absolute Gasteiger partial charge is 0.185 e. The number of benzene rings is 3. The summed E-state index contributed by atoms with van der Waals surface area (Å²) < 4.78 is 5.82. The summed E-state index contributed by atoms with van der Waals surface area (Å²) in [6.45, 7) is 2.01. The number of hydrogen-bond acceptors (Lipinski definition) is 2. The van der Waals surface area contributed by atoms with Crippen molar-refractivity contribution in [2.24, 2.45) is 0 Å². The predicted molar refractivity (Wildman–Crippen MR) is 98.3 cm³/mol. The van der Waals surface area contributed by atoms with Crippen LogP contribution in [0.2, 0.25) is 0 Å². The summed E-state index contributed by atoms with van der Waals surface area (Å²) >= 11 is 0. The summed E-state index contributed by atoms with van der Waals surface area (Å²) in [5.74, 6) is 0.00662. The third-order valence-electron chi connectivity index (χ3n) is 4.16. The molecule has 0 saturated heterocycles. The van der Waals surface area contributed by atoms with E-state index in [1.54, 1.807) is 6.08 Å². The molecule has 4 rings (SSSR count). The molecule has 2 nitrogen and oxygen atoms in total. The van der Waals surface area contributed by atoms with E-state index in [9.17, 15) is 4.79 Å². The van der Waals surface area contributed by atoms with Crippen LogP contribution in [0.4, 0.5) is 0 Å². The monoisotopic (exact) mass is 312 g/mol. The third kappa shape index (κ3) is 2.63. The third-order valence-corrected chi connectivity index (χ3v) is 4.16. The highest BCUT2D eigenvalue weighted by Gasteiger charge is 2.06. The summed E-state index contributed by atoms with van der Waals surface area (Å²) in [7, 11) is 0. The van der Waals surface area contributed by atoms with Crippen LogP contribution in [0.1, 0.15) is 21.5 Å². The van der Waals surface area contributed by atoms with Crippen LogP contribution in [0.15, 0.2) is 77.2 Å². The number of carbonyl (C=O) groups is 1. The Labute approximate surface area is 140 Å². The van der Waals surface area contributed by atoms with E-state index in [0.29, 0.717) is 5.56 Å². The molecule has 0 unspecified atom stereocenters. The molecular formula is C22H16O2. The van der Waals surface area contributed by atoms with Gasteiger partial charge in [0, 0.05) is 16.3 Å². The maximum Gasteiger partial charge on any atom is 0.185 e. The molecule has 0 atom stereocenters. The average Bonchev–Trinajstić information content (AvgIpc) is 2.98. The first kappa shape index (κ1) is 14.5. The first-order valence-corrected chi connectivity index (χ1v) is 7.91. The molecule has 0 radical (unpaired) electrons. The van der Waals surface area contributed by atoms with Gasteiger partial charge in [-0.1, -0.05) is 60.2 Å². The Morgan fingerprint density at radius 2 is 1.62 bits per heavy atom. The fourth-order valence-corrected chi connectivity index (χ4v) is 2.83. The molecule has 0 aliphatic heterocycles. The van der Waals surface area contributed by atoms with Gasteiger partial charge in [0.1, 0.15) is 11.2 Å². The van der Waals surface area contributed by atoms with E-state index in [-0.39, 0.29) is 5.78 Å². The lowest BCUT2D eigenvalue weighted by atomic mass is 10.1. The highest BCUT2D eigenvalue weighted by Crippen LogP contribution is 2.29. The molecule has 0 spiro atoms. The van der Waals surface area contributed by atoms with Crippen molar-refractivity contribution in [3.8, 4) is 0 Å². The van der Waals surface area contributed by atoms with Gasteiger partial charge < -0.3 is 4.42 Å². The highest BCUT2D eigenvalue weighted by atomic mass is 16.3. The van der Waals surface area contributed by atoms with Gasteiger partial charge in [-0.25, -0.2) is 0 Å². The molecule has 0 fully saturated rings. The van der Waals surface area contributed by atoms with Gasteiger partial charge in [-0.05, 0) is 36.8 Å². The molecule has 24 heavy (non-hydrogen) atoms. The standard InChI is InChI=1S/C22H16O2/c1-15-6-10-17(11-7-15)20(23)12-8-16-9-13-22-19(14-16)18-4-2-3-5-21(18)24-22/h2-14H,1H3/b12-8+. The van der Waals surface area contributed by atoms with Gasteiger partial charge in [0.15, 0.2) is 5.78 Å². The van der Waals surface area contributed by atoms with Crippen LogP contribution < -0.4 is 0 Å². The molecular weight excluding hydrogens is 296 g/mol. The van der Waals surface area contributed by atoms with Crippen molar-refractivity contribution in [3.63, 3.8) is 0 Å². The van der Waals surface area contributed by atoms with Gasteiger partial charge in [-0.15, -0.1) is 0 Å². The molecule has 0 saturated carbocycles. The van der Waals surface area contributed by atoms with Crippen molar-refractivity contribution >= 4 is 33.8 Å². The number of hydrogen-bond donors (Lipinski definition) is 0. The minimum absolute atomic E-state index is 0.00662. The summed E-state index contributed by atoms with van der Waals surface area (Å²) in [6.07, 6.45) is 3.47. The van der Waals surface area contributed by atoms with Crippen molar-refractivity contribution < 1.29 is 9.21 Å². The summed E-state index contributed by atoms with van der Waals surface area (Å²) in [5, 5.41) is 2.16. The average molecular weight is 312 g/mol. The van der Waals surface area contributed by atoms with Crippen molar-refractivity contribution in [3.05, 3.63) is 89.5 Å². The number of rotatable bonds is 3. The van der Waals surface area contributed by atoms with E-state index in [0.717, 1.165) is 33.1 Å².